The largest absolute Gasteiger partial charge is 0.457 e. The molecule has 4 amide bonds. The van der Waals surface area contributed by atoms with E-state index >= 15 is 0 Å². The van der Waals surface area contributed by atoms with Crippen LogP contribution in [0, 0.1) is 67.2 Å². The van der Waals surface area contributed by atoms with Crippen LogP contribution < -0.4 is 61.9 Å². The molecule has 16 aromatic rings. The second kappa shape index (κ2) is 49.5. The highest BCUT2D eigenvalue weighted by atomic mass is 16.5. The smallest absolute Gasteiger partial charge is 0.255 e. The highest BCUT2D eigenvalue weighted by molar-refractivity contribution is 6.07. The number of nitrogens with zero attached hydrogens (tertiary/aromatic N) is 10. The maximum atomic E-state index is 13.4. The highest BCUT2D eigenvalue weighted by Gasteiger charge is 2.36. The zero-order valence-corrected chi connectivity index (χ0v) is 87.3. The minimum Gasteiger partial charge on any atom is -0.457 e. The van der Waals surface area contributed by atoms with Crippen molar-refractivity contribution in [1.82, 2.24) is 63.8 Å². The van der Waals surface area contributed by atoms with Crippen molar-refractivity contribution in [2.24, 2.45) is 17.6 Å². The number of piperidine rings is 1. The first-order valence-corrected chi connectivity index (χ1v) is 52.0. The lowest BCUT2D eigenvalue weighted by molar-refractivity contribution is 0.101. The van der Waals surface area contributed by atoms with Gasteiger partial charge in [0.25, 0.3) is 23.6 Å². The van der Waals surface area contributed by atoms with Gasteiger partial charge in [0.2, 0.25) is 0 Å². The fourth-order valence-corrected chi connectivity index (χ4v) is 20.1. The summed E-state index contributed by atoms with van der Waals surface area (Å²) in [6.07, 6.45) is 21.8. The van der Waals surface area contributed by atoms with Gasteiger partial charge in [-0.25, -0.2) is 9.97 Å². The molecule has 150 heavy (non-hydrogen) atoms. The molecule has 0 radical (unpaired) electrons. The molecule has 21 rings (SSSR count). The van der Waals surface area contributed by atoms with E-state index in [1.165, 1.54) is 41.5 Å². The monoisotopic (exact) mass is 2010 g/mol. The van der Waals surface area contributed by atoms with Gasteiger partial charge in [0.1, 0.15) is 46.0 Å². The average Bonchev–Trinajstić information content (AvgIpc) is 1.72. The number of carbonyl (C=O) groups excluding carboxylic acids is 4. The number of benzene rings is 12. The lowest BCUT2D eigenvalue weighted by atomic mass is 10.0. The minimum absolute atomic E-state index is 0.166. The van der Waals surface area contributed by atoms with E-state index in [1.54, 1.807) is 24.3 Å². The van der Waals surface area contributed by atoms with E-state index in [0.717, 1.165) is 224 Å². The molecule has 0 saturated carbocycles. The topological polar surface area (TPSA) is 274 Å². The van der Waals surface area contributed by atoms with Crippen LogP contribution in [0.3, 0.4) is 0 Å². The molecule has 5 aliphatic heterocycles. The van der Waals surface area contributed by atoms with Crippen LogP contribution in [0.4, 0.5) is 22.7 Å². The molecule has 0 spiro atoms. The van der Waals surface area contributed by atoms with Crippen molar-refractivity contribution in [3.05, 3.63) is 418 Å². The molecule has 5 fully saturated rings. The molecule has 26 nitrogen and oxygen atoms in total. The molecule has 5 saturated heterocycles. The van der Waals surface area contributed by atoms with Gasteiger partial charge in [-0.1, -0.05) is 97.1 Å². The number of hydrogen-bond donors (Lipinski definition) is 8. The van der Waals surface area contributed by atoms with Gasteiger partial charge in [-0.2, -0.15) is 0 Å². The second-order valence-corrected chi connectivity index (χ2v) is 40.3. The second-order valence-electron chi connectivity index (χ2n) is 40.3. The number of para-hydroxylation sites is 4. The Morgan fingerprint density at radius 1 is 0.347 bits per heavy atom. The van der Waals surface area contributed by atoms with E-state index in [-0.39, 0.29) is 23.6 Å². The summed E-state index contributed by atoms with van der Waals surface area (Å²) in [5.41, 5.74) is 27.9. The summed E-state index contributed by atoms with van der Waals surface area (Å²) in [6.45, 7) is 29.6. The van der Waals surface area contributed by atoms with Gasteiger partial charge in [0, 0.05) is 189 Å². The Hall–Kier alpha value is -15.6. The highest BCUT2D eigenvalue weighted by Crippen LogP contribution is 2.37. The number of nitrogens with two attached hydrogens (primary N) is 1. The molecule has 770 valence electrons. The number of likely N-dealkylation sites (N-methyl/N-ethyl adjacent to an activating group) is 2. The fraction of sp³-hybridized carbons (Fsp3) is 0.274. The van der Waals surface area contributed by atoms with Crippen LogP contribution in [0.1, 0.15) is 141 Å². The van der Waals surface area contributed by atoms with Gasteiger partial charge in [-0.3, -0.25) is 38.8 Å². The normalized spacial score (nSPS) is 16.5. The Bertz CT molecular complexity index is 6910. The molecule has 5 atom stereocenters. The summed E-state index contributed by atoms with van der Waals surface area (Å²) >= 11 is 0. The third-order valence-electron chi connectivity index (χ3n) is 28.3. The number of aromatic nitrogens is 6. The molecule has 26 heteroatoms. The van der Waals surface area contributed by atoms with E-state index < -0.39 is 0 Å². The number of amides is 4. The Balaban J connectivity index is 0.000000130. The summed E-state index contributed by atoms with van der Waals surface area (Å²) in [5, 5.41) is 22.9. The molecular formula is C124H136N18O8. The fourth-order valence-electron chi connectivity index (χ4n) is 20.1. The van der Waals surface area contributed by atoms with Crippen LogP contribution in [0.5, 0.6) is 46.0 Å². The zero-order valence-electron chi connectivity index (χ0n) is 87.3. The third kappa shape index (κ3) is 28.3. The number of ether oxygens (including phenoxy) is 4. The number of nitrogens with one attached hydrogen (secondary N) is 7. The number of likely N-dealkylation sites (tertiary alicyclic amines) is 4. The first kappa shape index (κ1) is 104. The first-order valence-electron chi connectivity index (χ1n) is 52.0. The summed E-state index contributed by atoms with van der Waals surface area (Å²) in [7, 11) is 4.06. The van der Waals surface area contributed by atoms with Crippen LogP contribution >= 0.6 is 0 Å². The first-order chi connectivity index (χ1) is 72.9. The standard InChI is InChI=1S/C31H33N5O2.C31H35N5O2.2C31H34N4O2/c1-21-8-9-24(14-30(21)38-28-6-4-3-5-7-28)31(37)34-26-12-23(13-27(15-26)36-16-22(2)33-20-36)17-35-18-25-10-11-32-29(25)19-35;1-22-11-12-25(16-30(22)38-29-9-5-4-6-10-29)31(37)34-27-14-24(19-35-13-7-8-26(20-35)32-3)15-28(17-27)36-18-23(2)33-21-36;1-22-11-14-35(19-22)28-16-24(20-34-13-12-26(21-34)32-3)15-27(18-28)33-31(36)25-10-9-23(2)30(17-25)37-29-7-5-4-6-8-29;1-22-10-13-35(19-22)28-15-25(21-34-12-11-24(18-32)20-34)14-27(17-28)33-31(36)26-9-8-23(2)30(16-26)37-29-6-4-3-5-7-29/h3-9,12-16,20,25,29,32H,10-11,17-19H2,1-2H3,(H,34,37);4-6,9-12,14-18,21,26,32H,7-8,13,19-20H2,1-3H3,(H,34,37);4-11,14-19,26,32H,12-13,20-21H2,1-3H3,(H,33,36);3-10,13-17,19,24H,11-12,18,20-21,32H2,1-2H3,(H,33,36)/t25-,29+;2*26-;24-/m0001/s1. The number of hydrogen-bond acceptors (Lipinski definition) is 18. The minimum atomic E-state index is -0.180. The van der Waals surface area contributed by atoms with Crippen molar-refractivity contribution in [2.75, 3.05) is 101 Å². The Morgan fingerprint density at radius 2 is 0.687 bits per heavy atom. The number of fused-ring (bicyclic) bond motifs is 1. The average molecular weight is 2010 g/mol. The van der Waals surface area contributed by atoms with Crippen molar-refractivity contribution in [3.8, 4) is 68.7 Å². The van der Waals surface area contributed by atoms with Gasteiger partial charge in [0.15, 0.2) is 0 Å². The summed E-state index contributed by atoms with van der Waals surface area (Å²) in [6, 6.07) is 91.6. The van der Waals surface area contributed by atoms with Crippen LogP contribution in [0.25, 0.3) is 22.7 Å². The molecule has 12 aromatic carbocycles. The van der Waals surface area contributed by atoms with Gasteiger partial charge in [-0.15, -0.1) is 0 Å². The number of carbonyl (C=O) groups is 4. The summed E-state index contributed by atoms with van der Waals surface area (Å²) < 4.78 is 32.4. The van der Waals surface area contributed by atoms with Crippen molar-refractivity contribution < 1.29 is 38.1 Å². The van der Waals surface area contributed by atoms with Gasteiger partial charge < -0.3 is 80.2 Å². The third-order valence-corrected chi connectivity index (χ3v) is 28.3. The molecule has 0 bridgehead atoms. The maximum Gasteiger partial charge on any atom is 0.255 e. The number of imidazole rings is 2. The quantitative estimate of drug-likeness (QED) is 0.0201. The van der Waals surface area contributed by atoms with Crippen molar-refractivity contribution in [2.45, 2.75) is 132 Å². The molecule has 4 aromatic heterocycles. The lowest BCUT2D eigenvalue weighted by Gasteiger charge is -2.32. The molecule has 9 N–H and O–H groups in total. The summed E-state index contributed by atoms with van der Waals surface area (Å²) in [4.78, 5) is 72.1. The van der Waals surface area contributed by atoms with Gasteiger partial charge >= 0.3 is 0 Å². The van der Waals surface area contributed by atoms with Crippen LogP contribution in [0.15, 0.2) is 329 Å². The number of rotatable bonds is 31. The van der Waals surface area contributed by atoms with E-state index in [4.69, 9.17) is 24.7 Å². The Labute approximate surface area is 880 Å². The van der Waals surface area contributed by atoms with Crippen molar-refractivity contribution in [1.29, 1.82) is 0 Å². The molecular weight excluding hydrogens is 1870 g/mol. The molecule has 0 aliphatic carbocycles. The molecule has 9 heterocycles. The van der Waals surface area contributed by atoms with E-state index in [1.807, 2.05) is 290 Å². The van der Waals surface area contributed by atoms with E-state index in [2.05, 4.69) is 169 Å². The van der Waals surface area contributed by atoms with Crippen LogP contribution in [0.2, 0.25) is 0 Å². The lowest BCUT2D eigenvalue weighted by Crippen LogP contribution is -2.43. The number of anilines is 4. The number of aryl methyl sites for hydroxylation is 8. The van der Waals surface area contributed by atoms with Crippen LogP contribution in [-0.4, -0.2) is 169 Å². The van der Waals surface area contributed by atoms with E-state index in [0.29, 0.717) is 69.3 Å². The predicted octanol–water partition coefficient (Wildman–Crippen LogP) is 22.9. The SMILES string of the molecule is CN[C@H]1CCCN(Cc2cc(NC(=O)c3ccc(C)c(Oc4ccccc4)c3)cc(-n3cnc(C)c3)c2)C1.CN[C@H]1CCN(Cc2cc(NC(=O)c3ccc(C)c(Oc4ccccc4)c3)cc(-n3ccc(C)c3)c2)C1.Cc1ccn(-c2cc(CN3CC[C@H](CN)C3)cc(NC(=O)c3ccc(C)c(Oc4ccccc4)c3)c2)c1.Cc1cn(-c2cc(CN3C[C@@H]4CCN[C@@H]4C3)cc(NC(=O)c3ccc(C)c(Oc4ccccc4)c3)c2)cn1. The Morgan fingerprint density at radius 3 is 1.01 bits per heavy atom. The predicted molar refractivity (Wildman–Crippen MR) is 598 cm³/mol. The molecule has 5 aliphatic rings. The zero-order chi connectivity index (χ0) is 104. The summed E-state index contributed by atoms with van der Waals surface area (Å²) in [5.74, 6) is 6.23. The van der Waals surface area contributed by atoms with Gasteiger partial charge in [-0.05, 0) is 377 Å². The van der Waals surface area contributed by atoms with Crippen LogP contribution in [-0.2, 0) is 26.2 Å². The van der Waals surface area contributed by atoms with Crippen molar-refractivity contribution in [3.63, 3.8) is 0 Å². The molecule has 0 unspecified atom stereocenters. The van der Waals surface area contributed by atoms with E-state index in [9.17, 15) is 19.2 Å². The maximum absolute atomic E-state index is 13.4. The Kier molecular flexibility index (Phi) is 34.4. The van der Waals surface area contributed by atoms with Crippen molar-refractivity contribution >= 4 is 46.4 Å². The van der Waals surface area contributed by atoms with Gasteiger partial charge in [0.05, 0.1) is 24.0 Å².